The zero-order chi connectivity index (χ0) is 19.9. The van der Waals surface area contributed by atoms with E-state index in [1.807, 2.05) is 24.8 Å². The molecule has 1 aliphatic carbocycles. The molecule has 1 fully saturated rings. The first-order valence-corrected chi connectivity index (χ1v) is 9.27. The van der Waals surface area contributed by atoms with Gasteiger partial charge in [-0.3, -0.25) is 0 Å². The van der Waals surface area contributed by atoms with E-state index in [2.05, 4.69) is 0 Å². The SMILES string of the molecule is CCOC(=O)C1=C(C(F)(F)F)C=C2C1CCCN2c1c(C)cc(C)cc1Cl. The van der Waals surface area contributed by atoms with Crippen LogP contribution in [0, 0.1) is 19.8 Å². The van der Waals surface area contributed by atoms with E-state index in [1.54, 1.807) is 13.0 Å². The summed E-state index contributed by atoms with van der Waals surface area (Å²) in [7, 11) is 0. The van der Waals surface area contributed by atoms with Crippen molar-refractivity contribution in [1.29, 1.82) is 0 Å². The van der Waals surface area contributed by atoms with Crippen LogP contribution in [0.15, 0.2) is 35.1 Å². The molecule has 27 heavy (non-hydrogen) atoms. The molecule has 0 spiro atoms. The molecular weight excluding hydrogens is 379 g/mol. The van der Waals surface area contributed by atoms with Gasteiger partial charge in [0.1, 0.15) is 0 Å². The topological polar surface area (TPSA) is 29.5 Å². The second-order valence-electron chi connectivity index (χ2n) is 6.87. The second-order valence-corrected chi connectivity index (χ2v) is 7.28. The molecule has 2 aliphatic rings. The normalized spacial score (nSPS) is 19.9. The van der Waals surface area contributed by atoms with Crippen LogP contribution >= 0.6 is 11.6 Å². The van der Waals surface area contributed by atoms with Gasteiger partial charge in [0.15, 0.2) is 0 Å². The van der Waals surface area contributed by atoms with Crippen LogP contribution in [0.5, 0.6) is 0 Å². The molecular formula is C20H21ClF3NO2. The highest BCUT2D eigenvalue weighted by molar-refractivity contribution is 6.33. The van der Waals surface area contributed by atoms with Gasteiger partial charge in [0.25, 0.3) is 0 Å². The minimum atomic E-state index is -4.62. The smallest absolute Gasteiger partial charge is 0.417 e. The zero-order valence-electron chi connectivity index (χ0n) is 15.4. The van der Waals surface area contributed by atoms with Crippen molar-refractivity contribution in [1.82, 2.24) is 0 Å². The van der Waals surface area contributed by atoms with E-state index in [1.165, 1.54) is 0 Å². The number of esters is 1. The van der Waals surface area contributed by atoms with E-state index in [0.29, 0.717) is 35.8 Å². The Morgan fingerprint density at radius 2 is 2.04 bits per heavy atom. The quantitative estimate of drug-likeness (QED) is 0.629. The number of hydrogen-bond acceptors (Lipinski definition) is 3. The third kappa shape index (κ3) is 3.59. The van der Waals surface area contributed by atoms with Gasteiger partial charge in [-0.2, -0.15) is 13.2 Å². The number of carbonyl (C=O) groups excluding carboxylic acids is 1. The molecule has 1 unspecified atom stereocenters. The molecule has 146 valence electrons. The Bertz CT molecular complexity index is 819. The van der Waals surface area contributed by atoms with Crippen LogP contribution < -0.4 is 4.90 Å². The lowest BCUT2D eigenvalue weighted by atomic mass is 9.89. The van der Waals surface area contributed by atoms with E-state index >= 15 is 0 Å². The summed E-state index contributed by atoms with van der Waals surface area (Å²) < 4.78 is 45.8. The summed E-state index contributed by atoms with van der Waals surface area (Å²) in [4.78, 5) is 14.1. The van der Waals surface area contributed by atoms with Gasteiger partial charge in [-0.05, 0) is 56.9 Å². The summed E-state index contributed by atoms with van der Waals surface area (Å²) >= 11 is 6.44. The number of carbonyl (C=O) groups is 1. The number of nitrogens with zero attached hydrogens (tertiary/aromatic N) is 1. The number of allylic oxidation sites excluding steroid dienone is 3. The first-order chi connectivity index (χ1) is 12.6. The van der Waals surface area contributed by atoms with E-state index in [4.69, 9.17) is 16.3 Å². The summed E-state index contributed by atoms with van der Waals surface area (Å²) in [5.41, 5.74) is 1.84. The maximum atomic E-state index is 13.6. The second kappa shape index (κ2) is 7.23. The zero-order valence-corrected chi connectivity index (χ0v) is 16.2. The van der Waals surface area contributed by atoms with Crippen molar-refractivity contribution in [3.63, 3.8) is 0 Å². The molecule has 3 nitrogen and oxygen atoms in total. The van der Waals surface area contributed by atoms with Gasteiger partial charge < -0.3 is 9.64 Å². The van der Waals surface area contributed by atoms with Crippen molar-refractivity contribution >= 4 is 23.3 Å². The third-order valence-corrected chi connectivity index (χ3v) is 5.23. The summed E-state index contributed by atoms with van der Waals surface area (Å²) in [5.74, 6) is -1.53. The Morgan fingerprint density at radius 3 is 2.63 bits per heavy atom. The number of rotatable bonds is 3. The van der Waals surface area contributed by atoms with Crippen LogP contribution in [0.4, 0.5) is 18.9 Å². The highest BCUT2D eigenvalue weighted by Crippen LogP contribution is 2.48. The van der Waals surface area contributed by atoms with Gasteiger partial charge in [-0.1, -0.05) is 17.7 Å². The lowest BCUT2D eigenvalue weighted by Gasteiger charge is -2.37. The Balaban J connectivity index is 2.09. The molecule has 1 saturated heterocycles. The molecule has 0 bridgehead atoms. The van der Waals surface area contributed by atoms with Crippen molar-refractivity contribution in [2.75, 3.05) is 18.1 Å². The predicted octanol–water partition coefficient (Wildman–Crippen LogP) is 5.49. The first-order valence-electron chi connectivity index (χ1n) is 8.89. The maximum Gasteiger partial charge on any atom is 0.417 e. The fraction of sp³-hybridized carbons (Fsp3) is 0.450. The molecule has 7 heteroatoms. The van der Waals surface area contributed by atoms with Crippen LogP contribution in [0.1, 0.15) is 30.9 Å². The number of halogens is 4. The Hall–Kier alpha value is -1.95. The van der Waals surface area contributed by atoms with Gasteiger partial charge in [-0.25, -0.2) is 4.79 Å². The number of anilines is 1. The van der Waals surface area contributed by atoms with Crippen LogP contribution in [0.2, 0.25) is 5.02 Å². The van der Waals surface area contributed by atoms with Gasteiger partial charge in [0.2, 0.25) is 0 Å². The number of fused-ring (bicyclic) bond motifs is 1. The number of aryl methyl sites for hydroxylation is 2. The average Bonchev–Trinajstić information content (AvgIpc) is 2.95. The molecule has 1 atom stereocenters. The van der Waals surface area contributed by atoms with Gasteiger partial charge in [-0.15, -0.1) is 0 Å². The van der Waals surface area contributed by atoms with Crippen LogP contribution in [0.25, 0.3) is 0 Å². The summed E-state index contributed by atoms with van der Waals surface area (Å²) in [6, 6.07) is 3.75. The van der Waals surface area contributed by atoms with Crippen molar-refractivity contribution < 1.29 is 22.7 Å². The predicted molar refractivity (Wildman–Crippen MR) is 98.8 cm³/mol. The standard InChI is InChI=1S/C20H21ClF3NO2/c1-4-27-19(26)17-13-6-5-7-25(16(13)10-14(17)20(22,23)24)18-12(3)8-11(2)9-15(18)21/h8-10,13H,4-7H2,1-3H3. The third-order valence-electron chi connectivity index (χ3n) is 4.94. The molecule has 0 aromatic heterocycles. The molecule has 1 aliphatic heterocycles. The molecule has 1 aromatic carbocycles. The fourth-order valence-corrected chi connectivity index (χ4v) is 4.41. The van der Waals surface area contributed by atoms with E-state index < -0.39 is 23.6 Å². The minimum absolute atomic E-state index is 0.0299. The summed E-state index contributed by atoms with van der Waals surface area (Å²) in [6.07, 6.45) is -2.41. The van der Waals surface area contributed by atoms with Crippen LogP contribution in [-0.2, 0) is 9.53 Å². The molecule has 0 saturated carbocycles. The van der Waals surface area contributed by atoms with Gasteiger partial charge >= 0.3 is 12.1 Å². The Kier molecular flexibility index (Phi) is 5.30. The number of benzene rings is 1. The monoisotopic (exact) mass is 399 g/mol. The lowest BCUT2D eigenvalue weighted by Crippen LogP contribution is -2.34. The Labute approximate surface area is 161 Å². The van der Waals surface area contributed by atoms with Crippen LogP contribution in [-0.4, -0.2) is 25.3 Å². The average molecular weight is 400 g/mol. The van der Waals surface area contributed by atoms with E-state index in [-0.39, 0.29) is 12.2 Å². The number of hydrogen-bond donors (Lipinski definition) is 0. The molecule has 0 amide bonds. The Morgan fingerprint density at radius 1 is 1.33 bits per heavy atom. The van der Waals surface area contributed by atoms with Crippen molar-refractivity contribution in [3.8, 4) is 0 Å². The minimum Gasteiger partial charge on any atom is -0.463 e. The van der Waals surface area contributed by atoms with Gasteiger partial charge in [0, 0.05) is 18.2 Å². The lowest BCUT2D eigenvalue weighted by molar-refractivity contribution is -0.140. The highest BCUT2D eigenvalue weighted by atomic mass is 35.5. The molecule has 3 rings (SSSR count). The molecule has 1 aromatic rings. The first kappa shape index (κ1) is 19.8. The molecule has 1 heterocycles. The van der Waals surface area contributed by atoms with E-state index in [9.17, 15) is 18.0 Å². The van der Waals surface area contributed by atoms with Crippen molar-refractivity contribution in [2.24, 2.45) is 5.92 Å². The van der Waals surface area contributed by atoms with E-state index in [0.717, 1.165) is 17.2 Å². The number of alkyl halides is 3. The van der Waals surface area contributed by atoms with Crippen LogP contribution in [0.3, 0.4) is 0 Å². The maximum absolute atomic E-state index is 13.6. The highest BCUT2D eigenvalue weighted by Gasteiger charge is 2.47. The summed E-state index contributed by atoms with van der Waals surface area (Å²) in [6.45, 7) is 5.96. The largest absolute Gasteiger partial charge is 0.463 e. The molecule has 0 N–H and O–H groups in total. The van der Waals surface area contributed by atoms with Crippen molar-refractivity contribution in [2.45, 2.75) is 39.8 Å². The molecule has 0 radical (unpaired) electrons. The van der Waals surface area contributed by atoms with Gasteiger partial charge in [0.05, 0.1) is 28.5 Å². The number of piperidine rings is 1. The number of ether oxygens (including phenoxy) is 1. The summed E-state index contributed by atoms with van der Waals surface area (Å²) in [5, 5.41) is 0.493. The van der Waals surface area contributed by atoms with Crippen molar-refractivity contribution in [3.05, 3.63) is 51.2 Å². The fourth-order valence-electron chi connectivity index (χ4n) is 3.99.